The van der Waals surface area contributed by atoms with Gasteiger partial charge < -0.3 is 15.2 Å². The molecule has 3 rings (SSSR count). The van der Waals surface area contributed by atoms with Crippen LogP contribution in [0.4, 0.5) is 5.69 Å². The number of benzene rings is 1. The number of aromatic nitrogens is 2. The van der Waals surface area contributed by atoms with Crippen LogP contribution in [-0.2, 0) is 4.79 Å². The molecule has 1 heterocycles. The second-order valence-electron chi connectivity index (χ2n) is 4.81. The van der Waals surface area contributed by atoms with Crippen molar-refractivity contribution in [2.45, 2.75) is 18.9 Å². The Morgan fingerprint density at radius 3 is 3.00 bits per heavy atom. The van der Waals surface area contributed by atoms with Crippen LogP contribution in [0.1, 0.15) is 12.8 Å². The first-order valence-corrected chi connectivity index (χ1v) is 6.92. The summed E-state index contributed by atoms with van der Waals surface area (Å²) >= 11 is 6.23. The predicted octanol–water partition coefficient (Wildman–Crippen LogP) is 2.22. The van der Waals surface area contributed by atoms with Gasteiger partial charge in [-0.2, -0.15) is 0 Å². The average Bonchev–Trinajstić information content (AvgIpc) is 3.11. The summed E-state index contributed by atoms with van der Waals surface area (Å²) in [5.74, 6) is -0.0690. The third kappa shape index (κ3) is 3.00. The first-order valence-electron chi connectivity index (χ1n) is 6.54. The number of hydrogen-bond donors (Lipinski definition) is 2. The van der Waals surface area contributed by atoms with Crippen LogP contribution in [0.15, 0.2) is 36.9 Å². The summed E-state index contributed by atoms with van der Waals surface area (Å²) in [5, 5.41) is 6.64. The smallest absolute Gasteiger partial charge is 0.238 e. The monoisotopic (exact) mass is 290 g/mol. The van der Waals surface area contributed by atoms with Crippen molar-refractivity contribution in [2.24, 2.45) is 0 Å². The molecule has 0 saturated heterocycles. The van der Waals surface area contributed by atoms with Crippen LogP contribution in [0.3, 0.4) is 0 Å². The number of imidazole rings is 1. The maximum Gasteiger partial charge on any atom is 0.238 e. The second kappa shape index (κ2) is 5.64. The molecule has 1 aromatic heterocycles. The van der Waals surface area contributed by atoms with Gasteiger partial charge in [-0.25, -0.2) is 4.98 Å². The van der Waals surface area contributed by atoms with E-state index in [4.69, 9.17) is 11.6 Å². The van der Waals surface area contributed by atoms with Crippen LogP contribution in [0.5, 0.6) is 0 Å². The summed E-state index contributed by atoms with van der Waals surface area (Å²) in [6.07, 6.45) is 7.43. The Bertz CT molecular complexity index is 608. The van der Waals surface area contributed by atoms with E-state index in [9.17, 15) is 4.79 Å². The number of anilines is 1. The Morgan fingerprint density at radius 1 is 1.45 bits per heavy atom. The normalized spacial score (nSPS) is 14.2. The van der Waals surface area contributed by atoms with Crippen molar-refractivity contribution in [3.05, 3.63) is 41.9 Å². The fourth-order valence-corrected chi connectivity index (χ4v) is 2.26. The fraction of sp³-hybridized carbons (Fsp3) is 0.286. The van der Waals surface area contributed by atoms with E-state index in [1.807, 2.05) is 12.1 Å². The van der Waals surface area contributed by atoms with Gasteiger partial charge in [0.05, 0.1) is 29.3 Å². The van der Waals surface area contributed by atoms with Crippen LogP contribution >= 0.6 is 11.6 Å². The second-order valence-corrected chi connectivity index (χ2v) is 5.22. The van der Waals surface area contributed by atoms with Gasteiger partial charge in [-0.3, -0.25) is 4.79 Å². The Labute approximate surface area is 122 Å². The standard InChI is InChI=1S/C14H15ClN4O/c15-11-2-1-3-12(14(11)19-7-6-16-9-19)18-13(20)8-17-10-4-5-10/h1-3,6-7,9-10,17H,4-5,8H2,(H,18,20). The van der Waals surface area contributed by atoms with Crippen LogP contribution in [0.2, 0.25) is 5.02 Å². The molecule has 6 heteroatoms. The van der Waals surface area contributed by atoms with E-state index in [1.165, 1.54) is 0 Å². The molecule has 1 aliphatic carbocycles. The maximum absolute atomic E-state index is 11.9. The van der Waals surface area contributed by atoms with Gasteiger partial charge in [0.25, 0.3) is 0 Å². The van der Waals surface area contributed by atoms with Gasteiger partial charge in [0.15, 0.2) is 0 Å². The third-order valence-electron chi connectivity index (χ3n) is 3.15. The summed E-state index contributed by atoms with van der Waals surface area (Å²) in [7, 11) is 0. The SMILES string of the molecule is O=C(CNC1CC1)Nc1cccc(Cl)c1-n1ccnc1. The van der Waals surface area contributed by atoms with E-state index in [2.05, 4.69) is 15.6 Å². The van der Waals surface area contributed by atoms with Gasteiger partial charge in [-0.1, -0.05) is 17.7 Å². The van der Waals surface area contributed by atoms with Crippen LogP contribution < -0.4 is 10.6 Å². The number of carbonyl (C=O) groups excluding carboxylic acids is 1. The molecular formula is C14H15ClN4O. The summed E-state index contributed by atoms with van der Waals surface area (Å²) in [5.41, 5.74) is 1.41. The molecule has 1 fully saturated rings. The van der Waals surface area contributed by atoms with Crippen molar-refractivity contribution in [2.75, 3.05) is 11.9 Å². The number of rotatable bonds is 5. The number of nitrogens with one attached hydrogen (secondary N) is 2. The Hall–Kier alpha value is -1.85. The Morgan fingerprint density at radius 2 is 2.30 bits per heavy atom. The molecule has 20 heavy (non-hydrogen) atoms. The molecule has 0 atom stereocenters. The van der Waals surface area contributed by atoms with E-state index in [0.717, 1.165) is 18.5 Å². The molecule has 0 spiro atoms. The lowest BCUT2D eigenvalue weighted by atomic mass is 10.2. The highest BCUT2D eigenvalue weighted by Gasteiger charge is 2.21. The van der Waals surface area contributed by atoms with Crippen molar-refractivity contribution in [3.8, 4) is 5.69 Å². The van der Waals surface area contributed by atoms with Crippen molar-refractivity contribution < 1.29 is 4.79 Å². The van der Waals surface area contributed by atoms with Gasteiger partial charge in [0, 0.05) is 18.4 Å². The van der Waals surface area contributed by atoms with E-state index in [0.29, 0.717) is 23.3 Å². The summed E-state index contributed by atoms with van der Waals surface area (Å²) in [6, 6.07) is 5.94. The third-order valence-corrected chi connectivity index (χ3v) is 3.46. The summed E-state index contributed by atoms with van der Waals surface area (Å²) in [6.45, 7) is 0.320. The molecule has 1 aliphatic rings. The van der Waals surface area contributed by atoms with Crippen molar-refractivity contribution in [1.82, 2.24) is 14.9 Å². The first kappa shape index (κ1) is 13.1. The highest BCUT2D eigenvalue weighted by atomic mass is 35.5. The molecule has 5 nitrogen and oxygen atoms in total. The maximum atomic E-state index is 11.9. The molecule has 1 saturated carbocycles. The molecule has 0 aliphatic heterocycles. The number of hydrogen-bond acceptors (Lipinski definition) is 3. The molecule has 2 aromatic rings. The largest absolute Gasteiger partial charge is 0.323 e. The zero-order valence-corrected chi connectivity index (χ0v) is 11.6. The zero-order chi connectivity index (χ0) is 13.9. The van der Waals surface area contributed by atoms with Crippen molar-refractivity contribution in [3.63, 3.8) is 0 Å². The van der Waals surface area contributed by atoms with Crippen LogP contribution in [0, 0.1) is 0 Å². The number of carbonyl (C=O) groups is 1. The number of amides is 1. The van der Waals surface area contributed by atoms with Gasteiger partial charge in [-0.15, -0.1) is 0 Å². The Kier molecular flexibility index (Phi) is 3.71. The van der Waals surface area contributed by atoms with Crippen LogP contribution in [0.25, 0.3) is 5.69 Å². The first-order chi connectivity index (χ1) is 9.74. The van der Waals surface area contributed by atoms with Crippen molar-refractivity contribution in [1.29, 1.82) is 0 Å². The summed E-state index contributed by atoms with van der Waals surface area (Å²) in [4.78, 5) is 15.9. The van der Waals surface area contributed by atoms with Gasteiger partial charge >= 0.3 is 0 Å². The van der Waals surface area contributed by atoms with Gasteiger partial charge in [0.1, 0.15) is 0 Å². The lowest BCUT2D eigenvalue weighted by molar-refractivity contribution is -0.115. The minimum Gasteiger partial charge on any atom is -0.323 e. The highest BCUT2D eigenvalue weighted by Crippen LogP contribution is 2.28. The lowest BCUT2D eigenvalue weighted by Gasteiger charge is -2.13. The molecule has 0 radical (unpaired) electrons. The zero-order valence-electron chi connectivity index (χ0n) is 10.8. The molecule has 104 valence electrons. The molecule has 2 N–H and O–H groups in total. The molecule has 1 aromatic carbocycles. The van der Waals surface area contributed by atoms with E-state index >= 15 is 0 Å². The number of para-hydroxylation sites is 1. The number of nitrogens with zero attached hydrogens (tertiary/aromatic N) is 2. The van der Waals surface area contributed by atoms with E-state index in [1.54, 1.807) is 29.4 Å². The lowest BCUT2D eigenvalue weighted by Crippen LogP contribution is -2.29. The summed E-state index contributed by atoms with van der Waals surface area (Å²) < 4.78 is 1.78. The highest BCUT2D eigenvalue weighted by molar-refractivity contribution is 6.33. The fourth-order valence-electron chi connectivity index (χ4n) is 1.99. The topological polar surface area (TPSA) is 59.0 Å². The van der Waals surface area contributed by atoms with E-state index < -0.39 is 0 Å². The average molecular weight is 291 g/mol. The minimum atomic E-state index is -0.0690. The van der Waals surface area contributed by atoms with Crippen LogP contribution in [-0.4, -0.2) is 28.0 Å². The Balaban J connectivity index is 1.78. The quantitative estimate of drug-likeness (QED) is 0.888. The van der Waals surface area contributed by atoms with Gasteiger partial charge in [-0.05, 0) is 25.0 Å². The molecule has 1 amide bonds. The predicted molar refractivity (Wildman–Crippen MR) is 78.2 cm³/mol. The number of halogens is 1. The molecule has 0 unspecified atom stereocenters. The van der Waals surface area contributed by atoms with Crippen molar-refractivity contribution >= 4 is 23.2 Å². The van der Waals surface area contributed by atoms with E-state index in [-0.39, 0.29) is 5.91 Å². The molecule has 0 bridgehead atoms. The minimum absolute atomic E-state index is 0.0690. The molecular weight excluding hydrogens is 276 g/mol. The van der Waals surface area contributed by atoms with Gasteiger partial charge in [0.2, 0.25) is 5.91 Å².